The van der Waals surface area contributed by atoms with E-state index in [4.69, 9.17) is 20.9 Å². The molecule has 0 saturated heterocycles. The fourth-order valence-electron chi connectivity index (χ4n) is 2.67. The molecule has 4 aromatic carbocycles. The second kappa shape index (κ2) is 6.69. The molecule has 0 aliphatic rings. The standard InChI is InChI=1S/C22H18N2O2/c23-17-3-9-19(10-4-17)25-21-7-1-15-13-22(8-2-16(15)14-21)26-20-11-5-18(24)6-12-20/h1-14H,23-24H2. The van der Waals surface area contributed by atoms with E-state index in [9.17, 15) is 0 Å². The molecule has 128 valence electrons. The van der Waals surface area contributed by atoms with Crippen molar-refractivity contribution < 1.29 is 9.47 Å². The molecule has 4 heteroatoms. The Morgan fingerprint density at radius 2 is 0.769 bits per heavy atom. The first-order valence-corrected chi connectivity index (χ1v) is 8.26. The molecule has 4 N–H and O–H groups in total. The Labute approximate surface area is 151 Å². The topological polar surface area (TPSA) is 70.5 Å². The van der Waals surface area contributed by atoms with E-state index >= 15 is 0 Å². The molecule has 0 saturated carbocycles. The summed E-state index contributed by atoms with van der Waals surface area (Å²) < 4.78 is 11.8. The zero-order valence-corrected chi connectivity index (χ0v) is 14.1. The van der Waals surface area contributed by atoms with Gasteiger partial charge in [-0.1, -0.05) is 12.1 Å². The van der Waals surface area contributed by atoms with Crippen molar-refractivity contribution in [3.63, 3.8) is 0 Å². The Hall–Kier alpha value is -3.66. The van der Waals surface area contributed by atoms with E-state index in [1.54, 1.807) is 0 Å². The van der Waals surface area contributed by atoms with Crippen LogP contribution in [0.15, 0.2) is 84.9 Å². The average Bonchev–Trinajstić information content (AvgIpc) is 2.66. The molecule has 0 spiro atoms. The maximum atomic E-state index is 5.88. The highest BCUT2D eigenvalue weighted by Gasteiger charge is 2.03. The van der Waals surface area contributed by atoms with Gasteiger partial charge in [0.05, 0.1) is 0 Å². The van der Waals surface area contributed by atoms with Crippen molar-refractivity contribution in [2.24, 2.45) is 0 Å². The lowest BCUT2D eigenvalue weighted by atomic mass is 10.1. The molecular formula is C22H18N2O2. The molecule has 0 atom stereocenters. The minimum Gasteiger partial charge on any atom is -0.457 e. The van der Waals surface area contributed by atoms with Gasteiger partial charge in [-0.05, 0) is 83.6 Å². The summed E-state index contributed by atoms with van der Waals surface area (Å²) in [5.74, 6) is 3.05. The second-order valence-electron chi connectivity index (χ2n) is 6.01. The number of ether oxygens (including phenoxy) is 2. The van der Waals surface area contributed by atoms with Gasteiger partial charge < -0.3 is 20.9 Å². The minimum absolute atomic E-state index is 0.712. The number of nitrogen functional groups attached to an aromatic ring is 2. The lowest BCUT2D eigenvalue weighted by Gasteiger charge is -2.09. The van der Waals surface area contributed by atoms with Crippen LogP contribution in [0.25, 0.3) is 10.8 Å². The first-order valence-electron chi connectivity index (χ1n) is 8.26. The lowest BCUT2D eigenvalue weighted by Crippen LogP contribution is -1.88. The van der Waals surface area contributed by atoms with Crippen LogP contribution in [0.1, 0.15) is 0 Å². The number of anilines is 2. The molecule has 0 amide bonds. The van der Waals surface area contributed by atoms with Crippen LogP contribution in [0.5, 0.6) is 23.0 Å². The van der Waals surface area contributed by atoms with Gasteiger partial charge in [-0.3, -0.25) is 0 Å². The summed E-state index contributed by atoms with van der Waals surface area (Å²) in [5, 5.41) is 2.14. The quantitative estimate of drug-likeness (QED) is 0.474. The average molecular weight is 342 g/mol. The van der Waals surface area contributed by atoms with Crippen molar-refractivity contribution in [2.75, 3.05) is 11.5 Å². The van der Waals surface area contributed by atoms with Crippen LogP contribution in [0.4, 0.5) is 11.4 Å². The molecule has 0 fully saturated rings. The maximum absolute atomic E-state index is 5.88. The van der Waals surface area contributed by atoms with Crippen LogP contribution in [0.2, 0.25) is 0 Å². The summed E-state index contributed by atoms with van der Waals surface area (Å²) in [5.41, 5.74) is 12.8. The second-order valence-corrected chi connectivity index (χ2v) is 6.01. The number of hydrogen-bond donors (Lipinski definition) is 2. The van der Waals surface area contributed by atoms with Crippen LogP contribution in [-0.4, -0.2) is 0 Å². The lowest BCUT2D eigenvalue weighted by molar-refractivity contribution is 0.482. The molecule has 0 aliphatic heterocycles. The van der Waals surface area contributed by atoms with Gasteiger partial charge in [0.25, 0.3) is 0 Å². The molecule has 0 aliphatic carbocycles. The molecule has 4 aromatic rings. The van der Waals surface area contributed by atoms with Crippen LogP contribution >= 0.6 is 0 Å². The third-order valence-electron chi connectivity index (χ3n) is 4.01. The van der Waals surface area contributed by atoms with E-state index in [-0.39, 0.29) is 0 Å². The van der Waals surface area contributed by atoms with E-state index in [0.717, 1.165) is 33.8 Å². The Bertz CT molecular complexity index is 955. The van der Waals surface area contributed by atoms with Crippen LogP contribution in [-0.2, 0) is 0 Å². The molecule has 0 radical (unpaired) electrons. The Morgan fingerprint density at radius 1 is 0.423 bits per heavy atom. The van der Waals surface area contributed by atoms with Crippen molar-refractivity contribution in [3.8, 4) is 23.0 Å². The minimum atomic E-state index is 0.712. The van der Waals surface area contributed by atoms with E-state index in [2.05, 4.69) is 0 Å². The first kappa shape index (κ1) is 15.8. The molecule has 0 heterocycles. The molecule has 0 bridgehead atoms. The Morgan fingerprint density at radius 3 is 1.15 bits per heavy atom. The monoisotopic (exact) mass is 342 g/mol. The fourth-order valence-corrected chi connectivity index (χ4v) is 2.67. The van der Waals surface area contributed by atoms with Crippen molar-refractivity contribution in [3.05, 3.63) is 84.9 Å². The van der Waals surface area contributed by atoms with E-state index in [1.807, 2.05) is 84.9 Å². The fraction of sp³-hybridized carbons (Fsp3) is 0. The van der Waals surface area contributed by atoms with Gasteiger partial charge in [0, 0.05) is 11.4 Å². The van der Waals surface area contributed by atoms with Crippen molar-refractivity contribution in [2.45, 2.75) is 0 Å². The van der Waals surface area contributed by atoms with Crippen LogP contribution in [0.3, 0.4) is 0 Å². The predicted molar refractivity (Wildman–Crippen MR) is 106 cm³/mol. The molecular weight excluding hydrogens is 324 g/mol. The summed E-state index contributed by atoms with van der Waals surface area (Å²) >= 11 is 0. The Balaban J connectivity index is 1.55. The first-order chi connectivity index (χ1) is 12.7. The van der Waals surface area contributed by atoms with Crippen molar-refractivity contribution in [1.29, 1.82) is 0 Å². The smallest absolute Gasteiger partial charge is 0.128 e. The van der Waals surface area contributed by atoms with Gasteiger partial charge in [-0.25, -0.2) is 0 Å². The zero-order chi connectivity index (χ0) is 17.9. The zero-order valence-electron chi connectivity index (χ0n) is 14.1. The molecule has 4 nitrogen and oxygen atoms in total. The molecule has 0 aromatic heterocycles. The van der Waals surface area contributed by atoms with E-state index < -0.39 is 0 Å². The molecule has 0 unspecified atom stereocenters. The van der Waals surface area contributed by atoms with Gasteiger partial charge in [0.1, 0.15) is 23.0 Å². The number of hydrogen-bond acceptors (Lipinski definition) is 4. The SMILES string of the molecule is Nc1ccc(Oc2ccc3cc(Oc4ccc(N)cc4)ccc3c2)cc1. The number of benzene rings is 4. The Kier molecular flexibility index (Phi) is 4.07. The third kappa shape index (κ3) is 3.54. The van der Waals surface area contributed by atoms with E-state index in [0.29, 0.717) is 11.4 Å². The highest BCUT2D eigenvalue weighted by Crippen LogP contribution is 2.30. The van der Waals surface area contributed by atoms with Gasteiger partial charge in [-0.2, -0.15) is 0 Å². The third-order valence-corrected chi connectivity index (χ3v) is 4.01. The number of rotatable bonds is 4. The summed E-state index contributed by atoms with van der Waals surface area (Å²) in [7, 11) is 0. The maximum Gasteiger partial charge on any atom is 0.128 e. The highest BCUT2D eigenvalue weighted by molar-refractivity contribution is 5.85. The van der Waals surface area contributed by atoms with Crippen LogP contribution in [0, 0.1) is 0 Å². The van der Waals surface area contributed by atoms with Gasteiger partial charge in [0.15, 0.2) is 0 Å². The van der Waals surface area contributed by atoms with E-state index in [1.165, 1.54) is 0 Å². The largest absolute Gasteiger partial charge is 0.457 e. The summed E-state index contributed by atoms with van der Waals surface area (Å²) in [4.78, 5) is 0. The number of nitrogens with two attached hydrogens (primary N) is 2. The van der Waals surface area contributed by atoms with Crippen molar-refractivity contribution >= 4 is 22.1 Å². The highest BCUT2D eigenvalue weighted by atomic mass is 16.5. The molecule has 4 rings (SSSR count). The molecule has 26 heavy (non-hydrogen) atoms. The normalized spacial score (nSPS) is 10.6. The van der Waals surface area contributed by atoms with Crippen molar-refractivity contribution in [1.82, 2.24) is 0 Å². The van der Waals surface area contributed by atoms with Crippen LogP contribution < -0.4 is 20.9 Å². The van der Waals surface area contributed by atoms with Gasteiger partial charge in [0.2, 0.25) is 0 Å². The number of fused-ring (bicyclic) bond motifs is 1. The van der Waals surface area contributed by atoms with Gasteiger partial charge >= 0.3 is 0 Å². The van der Waals surface area contributed by atoms with Gasteiger partial charge in [-0.15, -0.1) is 0 Å². The summed E-state index contributed by atoms with van der Waals surface area (Å²) in [6.45, 7) is 0. The summed E-state index contributed by atoms with van der Waals surface area (Å²) in [6, 6.07) is 26.6. The predicted octanol–water partition coefficient (Wildman–Crippen LogP) is 5.59. The summed E-state index contributed by atoms with van der Waals surface area (Å²) in [6.07, 6.45) is 0.